The van der Waals surface area contributed by atoms with Crippen LogP contribution in [0.25, 0.3) is 0 Å². The molecule has 728 valence electrons. The van der Waals surface area contributed by atoms with Gasteiger partial charge in [-0.2, -0.15) is 0 Å². The van der Waals surface area contributed by atoms with Gasteiger partial charge in [-0.05, 0) is 241 Å². The van der Waals surface area contributed by atoms with Crippen molar-refractivity contribution in [2.75, 3.05) is 0 Å². The Labute approximate surface area is 807 Å². The fourth-order valence-corrected chi connectivity index (χ4v) is 21.6. The van der Waals surface area contributed by atoms with Crippen LogP contribution in [0.5, 0.6) is 0 Å². The Morgan fingerprint density at radius 1 is 0.192 bits per heavy atom. The van der Waals surface area contributed by atoms with Crippen LogP contribution in [0.15, 0.2) is 144 Å². The fraction of sp³-hybridized carbons (Fsp3) is 0.667. The average molecular weight is 1790 g/mol. The minimum Gasteiger partial charge on any atom is -0.291 e. The minimum absolute atomic E-state index is 0.192. The van der Waals surface area contributed by atoms with Gasteiger partial charge in [0.25, 0.3) is 0 Å². The second kappa shape index (κ2) is 45.9. The van der Waals surface area contributed by atoms with Crippen LogP contribution in [0.2, 0.25) is 0 Å². The lowest BCUT2D eigenvalue weighted by Crippen LogP contribution is -2.43. The molecule has 0 heterocycles. The first-order valence-corrected chi connectivity index (χ1v) is 53.7. The summed E-state index contributed by atoms with van der Waals surface area (Å²) >= 11 is 0. The van der Waals surface area contributed by atoms with Crippen molar-refractivity contribution in [1.29, 1.82) is 0 Å². The van der Waals surface area contributed by atoms with Crippen molar-refractivity contribution in [3.8, 4) is 0 Å². The van der Waals surface area contributed by atoms with Gasteiger partial charge in [-0.15, -0.1) is 0 Å². The average Bonchev–Trinajstić information content (AvgIpc) is 0.703. The third-order valence-electron chi connectivity index (χ3n) is 28.4. The van der Waals surface area contributed by atoms with Crippen LogP contribution in [0.1, 0.15) is 564 Å². The Morgan fingerprint density at radius 2 is 0.331 bits per heavy atom. The van der Waals surface area contributed by atoms with Crippen LogP contribution >= 0.6 is 8.60 Å². The second-order valence-electron chi connectivity index (χ2n) is 52.2. The molecule has 0 unspecified atom stereocenters. The van der Waals surface area contributed by atoms with Crippen molar-refractivity contribution in [1.82, 2.24) is 0 Å². The normalized spacial score (nSPS) is 14.3. The van der Waals surface area contributed by atoms with Gasteiger partial charge in [0.05, 0.1) is 0 Å². The Hall–Kier alpha value is -5.15. The van der Waals surface area contributed by atoms with Crippen LogP contribution in [0, 0.1) is 0 Å². The highest BCUT2D eigenvalue weighted by atomic mass is 31.2. The summed E-state index contributed by atoms with van der Waals surface area (Å²) in [5, 5.41) is 0. The van der Waals surface area contributed by atoms with Gasteiger partial charge < -0.3 is 0 Å². The molecule has 0 aliphatic heterocycles. The summed E-state index contributed by atoms with van der Waals surface area (Å²) in [6, 6.07) is 46.0. The molecule has 0 saturated heterocycles. The van der Waals surface area contributed by atoms with Crippen LogP contribution in [0.3, 0.4) is 0 Å². The zero-order chi connectivity index (χ0) is 98.3. The standard InChI is InChI=1S/C126H201O3P/c1-43-49-52-55-58-61-64-67-70-91(46-4)124(100-79-73-94(112(7,8)9)85-106(100)118(25,26)27,101-80-74-95(113(10,11)12)86-107(101)119(28,29)30)127-130(128-125(92(47-5)71-68-65-62-59-56-53-50-44-2,102-81-75-96(114(13,14)15)87-108(102)120(31,32)33)103-82-76-97(115(16,17)18)88-109(103)121(34,35)36)129-126(93(48-6)72-69-66-63-60-57-54-51-45-3,104-83-77-98(116(19,20)21)89-110(104)122(37,38)39)105-84-78-99(117(22,23)24)90-111(105)123(40,41)42/h46-48,73-90H,43-45,49-72H2,1-42H3/b91-46-,92-47+,93-48+. The van der Waals surface area contributed by atoms with Crippen molar-refractivity contribution in [2.45, 2.75) is 546 Å². The van der Waals surface area contributed by atoms with Gasteiger partial charge in [-0.1, -0.05) is 532 Å². The smallest absolute Gasteiger partial charge is 0.291 e. The lowest BCUT2D eigenvalue weighted by molar-refractivity contribution is 0.00931. The molecule has 0 atom stereocenters. The molecule has 0 bridgehead atoms. The third kappa shape index (κ3) is 29.2. The molecule has 130 heavy (non-hydrogen) atoms. The maximum atomic E-state index is 10.1. The van der Waals surface area contributed by atoms with Gasteiger partial charge in [0.15, 0.2) is 0 Å². The molecule has 3 nitrogen and oxygen atoms in total. The largest absolute Gasteiger partial charge is 0.337 e. The molecule has 6 rings (SSSR count). The molecule has 4 heteroatoms. The molecule has 6 aromatic rings. The molecule has 0 spiro atoms. The molecule has 0 aliphatic carbocycles. The summed E-state index contributed by atoms with van der Waals surface area (Å²) < 4.78 is 30.3. The van der Waals surface area contributed by atoms with E-state index in [-0.39, 0.29) is 32.5 Å². The first kappa shape index (κ1) is 114. The van der Waals surface area contributed by atoms with Crippen LogP contribution in [-0.2, 0) is 95.4 Å². The molecule has 0 fully saturated rings. The first-order valence-electron chi connectivity index (χ1n) is 52.6. The summed E-state index contributed by atoms with van der Waals surface area (Å²) in [4.78, 5) is 0. The van der Waals surface area contributed by atoms with Crippen molar-refractivity contribution < 1.29 is 13.6 Å². The number of hydrogen-bond acceptors (Lipinski definition) is 3. The summed E-state index contributed by atoms with van der Waals surface area (Å²) in [5.74, 6) is 0. The molecular weight excluding hydrogens is 1590 g/mol. The van der Waals surface area contributed by atoms with Gasteiger partial charge in [0.1, 0.15) is 16.8 Å². The molecule has 6 aromatic carbocycles. The molecule has 0 saturated carbocycles. The number of allylic oxidation sites excluding steroid dienone is 3. The summed E-state index contributed by atoms with van der Waals surface area (Å²) in [7, 11) is -2.87. The molecule has 0 aliphatic rings. The zero-order valence-corrected chi connectivity index (χ0v) is 93.8. The summed E-state index contributed by atoms with van der Waals surface area (Å²) in [6.45, 7) is 102. The quantitative estimate of drug-likeness (QED) is 0.0217. The van der Waals surface area contributed by atoms with E-state index in [4.69, 9.17) is 0 Å². The van der Waals surface area contributed by atoms with Gasteiger partial charge in [-0.25, -0.2) is 0 Å². The maximum Gasteiger partial charge on any atom is 0.337 e. The van der Waals surface area contributed by atoms with E-state index in [1.165, 1.54) is 199 Å². The fourth-order valence-electron chi connectivity index (χ4n) is 19.9. The lowest BCUT2D eigenvalue weighted by Gasteiger charge is -2.50. The topological polar surface area (TPSA) is 27.7 Å². The summed E-state index contributed by atoms with van der Waals surface area (Å²) in [5.41, 5.74) is 18.0. The molecule has 0 radical (unpaired) electrons. The molecule has 0 N–H and O–H groups in total. The highest BCUT2D eigenvalue weighted by molar-refractivity contribution is 7.41. The van der Waals surface area contributed by atoms with Crippen molar-refractivity contribution >= 4 is 8.60 Å². The lowest BCUT2D eigenvalue weighted by atomic mass is 9.66. The highest BCUT2D eigenvalue weighted by Gasteiger charge is 2.57. The maximum absolute atomic E-state index is 10.1. The van der Waals surface area contributed by atoms with Crippen molar-refractivity contribution in [3.63, 3.8) is 0 Å². The van der Waals surface area contributed by atoms with Crippen LogP contribution < -0.4 is 0 Å². The Bertz CT molecular complexity index is 3940. The van der Waals surface area contributed by atoms with Gasteiger partial charge in [0.2, 0.25) is 0 Å². The van der Waals surface area contributed by atoms with E-state index >= 15 is 0 Å². The molecular formula is C126H201O3P. The van der Waals surface area contributed by atoms with E-state index in [1.807, 2.05) is 0 Å². The van der Waals surface area contributed by atoms with E-state index in [0.29, 0.717) is 0 Å². The number of unbranched alkanes of at least 4 members (excludes halogenated alkanes) is 21. The van der Waals surface area contributed by atoms with Crippen molar-refractivity contribution in [2.24, 2.45) is 0 Å². The van der Waals surface area contributed by atoms with E-state index in [0.717, 1.165) is 91.2 Å². The monoisotopic (exact) mass is 1790 g/mol. The van der Waals surface area contributed by atoms with Crippen molar-refractivity contribution in [3.05, 3.63) is 244 Å². The van der Waals surface area contributed by atoms with Gasteiger partial charge in [-0.3, -0.25) is 13.6 Å². The first-order chi connectivity index (χ1) is 59.8. The minimum atomic E-state index is -2.87. The second-order valence-corrected chi connectivity index (χ2v) is 53.2. The Morgan fingerprint density at radius 3 is 0.454 bits per heavy atom. The Balaban J connectivity index is 2.30. The third-order valence-corrected chi connectivity index (χ3v) is 29.6. The van der Waals surface area contributed by atoms with Crippen LogP contribution in [0.4, 0.5) is 0 Å². The number of benzene rings is 6. The van der Waals surface area contributed by atoms with E-state index in [9.17, 15) is 13.6 Å². The molecule has 0 amide bonds. The SMILES string of the molecule is C/C=C(/CCCCCCCCCC)C(OP(OC(/C(=C/C)CCCCCCCCCC)(c1ccc(C(C)(C)C)cc1C(C)(C)C)c1ccc(C(C)(C)C)cc1C(C)(C)C)OC(/C(=C/C)CCCCCCCCCC)(c1ccc(C(C)(C)C)cc1C(C)(C)C)c1ccc(C(C)(C)C)cc1C(C)(C)C)(c1ccc(C(C)(C)C)cc1C(C)(C)C)c1ccc(C(C)(C)C)cc1C(C)(C)C. The van der Waals surface area contributed by atoms with Gasteiger partial charge in [0, 0.05) is 0 Å². The van der Waals surface area contributed by atoms with Gasteiger partial charge >= 0.3 is 8.60 Å². The number of rotatable bonds is 42. The zero-order valence-electron chi connectivity index (χ0n) is 92.9. The number of hydrogen-bond donors (Lipinski definition) is 0. The predicted molar refractivity (Wildman–Crippen MR) is 579 cm³/mol. The summed E-state index contributed by atoms with van der Waals surface area (Å²) in [6.07, 6.45) is 38.7. The van der Waals surface area contributed by atoms with Crippen LogP contribution in [-0.4, -0.2) is 0 Å². The van der Waals surface area contributed by atoms with E-state index < -0.39 is 57.9 Å². The predicted octanol–water partition coefficient (Wildman–Crippen LogP) is 40.1. The highest BCUT2D eigenvalue weighted by Crippen LogP contribution is 2.68. The van der Waals surface area contributed by atoms with E-state index in [2.05, 4.69) is 418 Å². The Kier molecular flexibility index (Phi) is 40.1. The van der Waals surface area contributed by atoms with E-state index in [1.54, 1.807) is 0 Å². The molecule has 0 aromatic heterocycles.